The lowest BCUT2D eigenvalue weighted by Gasteiger charge is -2.14. The van der Waals surface area contributed by atoms with Crippen molar-refractivity contribution in [3.63, 3.8) is 0 Å². The molecule has 0 amide bonds. The minimum atomic E-state index is -4.71. The number of para-hydroxylation sites is 2. The number of aryl methyl sites for hydroxylation is 2. The highest BCUT2D eigenvalue weighted by atomic mass is 19.4. The molecular weight excluding hydrogens is 271 g/mol. The maximum Gasteiger partial charge on any atom is 0.573 e. The molecule has 108 valence electrons. The highest BCUT2D eigenvalue weighted by molar-refractivity contribution is 5.56. The average Bonchev–Trinajstić information content (AvgIpc) is 2.66. The molecule has 2 aromatic rings. The minimum absolute atomic E-state index is 0.251. The van der Waals surface area contributed by atoms with E-state index in [-0.39, 0.29) is 11.4 Å². The van der Waals surface area contributed by atoms with Crippen LogP contribution in [0.5, 0.6) is 5.75 Å². The first-order chi connectivity index (χ1) is 9.37. The number of anilines is 1. The van der Waals surface area contributed by atoms with Crippen LogP contribution in [0, 0.1) is 13.8 Å². The average molecular weight is 285 g/mol. The van der Waals surface area contributed by atoms with Crippen molar-refractivity contribution in [1.29, 1.82) is 0 Å². The van der Waals surface area contributed by atoms with E-state index in [9.17, 15) is 13.2 Å². The number of halogens is 3. The third-order valence-corrected chi connectivity index (χ3v) is 2.85. The summed E-state index contributed by atoms with van der Waals surface area (Å²) in [7, 11) is 0. The SMILES string of the molecule is Cc1n[nH]c(C)c1CNc1ccccc1OC(F)(F)F. The van der Waals surface area contributed by atoms with Crippen LogP contribution in [0.3, 0.4) is 0 Å². The number of H-pyrrole nitrogens is 1. The van der Waals surface area contributed by atoms with Crippen LogP contribution in [0.15, 0.2) is 24.3 Å². The molecule has 1 aromatic carbocycles. The second-order valence-corrected chi connectivity index (χ2v) is 4.31. The first-order valence-electron chi connectivity index (χ1n) is 5.96. The van der Waals surface area contributed by atoms with Gasteiger partial charge in [0, 0.05) is 17.8 Å². The number of hydrogen-bond donors (Lipinski definition) is 2. The third kappa shape index (κ3) is 3.43. The van der Waals surface area contributed by atoms with Crippen LogP contribution in [0.25, 0.3) is 0 Å². The largest absolute Gasteiger partial charge is 0.573 e. The van der Waals surface area contributed by atoms with Crippen molar-refractivity contribution in [2.45, 2.75) is 26.8 Å². The summed E-state index contributed by atoms with van der Waals surface area (Å²) < 4.78 is 40.9. The van der Waals surface area contributed by atoms with Crippen molar-refractivity contribution < 1.29 is 17.9 Å². The molecular formula is C13H14F3N3O. The van der Waals surface area contributed by atoms with E-state index in [2.05, 4.69) is 20.3 Å². The molecule has 0 aliphatic carbocycles. The van der Waals surface area contributed by atoms with Gasteiger partial charge in [0.05, 0.1) is 11.4 Å². The summed E-state index contributed by atoms with van der Waals surface area (Å²) in [6, 6.07) is 5.93. The lowest BCUT2D eigenvalue weighted by atomic mass is 10.2. The molecule has 2 rings (SSSR count). The Balaban J connectivity index is 2.14. The van der Waals surface area contributed by atoms with Crippen molar-refractivity contribution in [2.24, 2.45) is 0 Å². The summed E-state index contributed by atoms with van der Waals surface area (Å²) in [5.41, 5.74) is 2.89. The predicted octanol–water partition coefficient (Wildman–Crippen LogP) is 3.54. The van der Waals surface area contributed by atoms with Crippen LogP contribution in [0.4, 0.5) is 18.9 Å². The normalized spacial score (nSPS) is 11.4. The Morgan fingerprint density at radius 3 is 2.55 bits per heavy atom. The summed E-state index contributed by atoms with van der Waals surface area (Å²) in [5, 5.41) is 9.79. The standard InChI is InChI=1S/C13H14F3N3O/c1-8-10(9(2)19-18-8)7-17-11-5-3-4-6-12(11)20-13(14,15)16/h3-6,17H,7H2,1-2H3,(H,18,19). The van der Waals surface area contributed by atoms with E-state index < -0.39 is 6.36 Å². The zero-order valence-corrected chi connectivity index (χ0v) is 11.0. The van der Waals surface area contributed by atoms with Crippen LogP contribution < -0.4 is 10.1 Å². The number of ether oxygens (including phenoxy) is 1. The first kappa shape index (κ1) is 14.2. The lowest BCUT2D eigenvalue weighted by Crippen LogP contribution is -2.18. The van der Waals surface area contributed by atoms with Crippen LogP contribution in [0.1, 0.15) is 17.0 Å². The van der Waals surface area contributed by atoms with Crippen molar-refractivity contribution in [2.75, 3.05) is 5.32 Å². The smallest absolute Gasteiger partial charge is 0.404 e. The van der Waals surface area contributed by atoms with Crippen molar-refractivity contribution in [3.05, 3.63) is 41.2 Å². The van der Waals surface area contributed by atoms with Gasteiger partial charge >= 0.3 is 6.36 Å². The molecule has 2 N–H and O–H groups in total. The lowest BCUT2D eigenvalue weighted by molar-refractivity contribution is -0.274. The van der Waals surface area contributed by atoms with Gasteiger partial charge in [-0.1, -0.05) is 12.1 Å². The zero-order valence-electron chi connectivity index (χ0n) is 11.0. The molecule has 0 saturated carbocycles. The molecule has 7 heteroatoms. The number of rotatable bonds is 4. The van der Waals surface area contributed by atoms with Gasteiger partial charge in [-0.2, -0.15) is 5.10 Å². The van der Waals surface area contributed by atoms with Gasteiger partial charge in [-0.05, 0) is 26.0 Å². The summed E-state index contributed by atoms with van der Waals surface area (Å²) in [6.07, 6.45) is -4.71. The Hall–Kier alpha value is -2.18. The fraction of sp³-hybridized carbons (Fsp3) is 0.308. The van der Waals surface area contributed by atoms with E-state index in [0.717, 1.165) is 17.0 Å². The van der Waals surface area contributed by atoms with Crippen molar-refractivity contribution >= 4 is 5.69 Å². The fourth-order valence-corrected chi connectivity index (χ4v) is 1.84. The zero-order chi connectivity index (χ0) is 14.8. The molecule has 0 spiro atoms. The monoisotopic (exact) mass is 285 g/mol. The number of hydrogen-bond acceptors (Lipinski definition) is 3. The van der Waals surface area contributed by atoms with Crippen LogP contribution in [-0.2, 0) is 6.54 Å². The van der Waals surface area contributed by atoms with E-state index in [0.29, 0.717) is 6.54 Å². The summed E-state index contributed by atoms with van der Waals surface area (Å²) in [5.74, 6) is -0.251. The molecule has 0 unspecified atom stereocenters. The Kier molecular flexibility index (Phi) is 3.87. The minimum Gasteiger partial charge on any atom is -0.404 e. The van der Waals surface area contributed by atoms with Crippen LogP contribution in [-0.4, -0.2) is 16.6 Å². The second kappa shape index (κ2) is 5.44. The molecule has 1 heterocycles. The van der Waals surface area contributed by atoms with E-state index in [1.54, 1.807) is 6.07 Å². The highest BCUT2D eigenvalue weighted by Gasteiger charge is 2.32. The maximum atomic E-state index is 12.3. The second-order valence-electron chi connectivity index (χ2n) is 4.31. The number of alkyl halides is 3. The van der Waals surface area contributed by atoms with Gasteiger partial charge in [-0.15, -0.1) is 13.2 Å². The number of nitrogens with one attached hydrogen (secondary N) is 2. The van der Waals surface area contributed by atoms with Gasteiger partial charge in [0.25, 0.3) is 0 Å². The highest BCUT2D eigenvalue weighted by Crippen LogP contribution is 2.30. The Morgan fingerprint density at radius 1 is 1.25 bits per heavy atom. The van der Waals surface area contributed by atoms with Crippen LogP contribution >= 0.6 is 0 Å². The predicted molar refractivity (Wildman–Crippen MR) is 68.5 cm³/mol. The topological polar surface area (TPSA) is 49.9 Å². The third-order valence-electron chi connectivity index (χ3n) is 2.85. The van der Waals surface area contributed by atoms with E-state index in [4.69, 9.17) is 0 Å². The van der Waals surface area contributed by atoms with E-state index in [1.165, 1.54) is 18.2 Å². The molecule has 0 radical (unpaired) electrons. The summed E-state index contributed by atoms with van der Waals surface area (Å²) in [4.78, 5) is 0. The molecule has 20 heavy (non-hydrogen) atoms. The fourth-order valence-electron chi connectivity index (χ4n) is 1.84. The van der Waals surface area contributed by atoms with Gasteiger partial charge in [0.15, 0.2) is 5.75 Å². The molecule has 0 fully saturated rings. The van der Waals surface area contributed by atoms with Crippen LogP contribution in [0.2, 0.25) is 0 Å². The molecule has 0 bridgehead atoms. The maximum absolute atomic E-state index is 12.3. The molecule has 4 nitrogen and oxygen atoms in total. The van der Waals surface area contributed by atoms with Crippen molar-refractivity contribution in [3.8, 4) is 5.75 Å². The number of nitrogens with zero attached hydrogens (tertiary/aromatic N) is 1. The van der Waals surface area contributed by atoms with Crippen molar-refractivity contribution in [1.82, 2.24) is 10.2 Å². The summed E-state index contributed by atoms with van der Waals surface area (Å²) >= 11 is 0. The number of aromatic nitrogens is 2. The van der Waals surface area contributed by atoms with Gasteiger partial charge in [0.2, 0.25) is 0 Å². The molecule has 0 saturated heterocycles. The Bertz CT molecular complexity index is 573. The Labute approximate surface area is 114 Å². The molecule has 0 aliphatic rings. The number of aromatic amines is 1. The first-order valence-corrected chi connectivity index (χ1v) is 5.96. The molecule has 0 aliphatic heterocycles. The van der Waals surface area contributed by atoms with Gasteiger partial charge in [-0.3, -0.25) is 5.10 Å². The van der Waals surface area contributed by atoms with E-state index in [1.807, 2.05) is 13.8 Å². The number of benzene rings is 1. The molecule has 1 aromatic heterocycles. The quantitative estimate of drug-likeness (QED) is 0.903. The summed E-state index contributed by atoms with van der Waals surface area (Å²) in [6.45, 7) is 4.06. The van der Waals surface area contributed by atoms with Gasteiger partial charge < -0.3 is 10.1 Å². The van der Waals surface area contributed by atoms with Gasteiger partial charge in [0.1, 0.15) is 0 Å². The Morgan fingerprint density at radius 2 is 1.95 bits per heavy atom. The molecule has 0 atom stereocenters. The van der Waals surface area contributed by atoms with E-state index >= 15 is 0 Å². The van der Waals surface area contributed by atoms with Gasteiger partial charge in [-0.25, -0.2) is 0 Å².